The van der Waals surface area contributed by atoms with Crippen LogP contribution in [0.25, 0.3) is 0 Å². The maximum absolute atomic E-state index is 13.7. The van der Waals surface area contributed by atoms with Gasteiger partial charge in [-0.1, -0.05) is 31.0 Å². The summed E-state index contributed by atoms with van der Waals surface area (Å²) in [7, 11) is 0. The first-order valence-electron chi connectivity index (χ1n) is 12.3. The average molecular weight is 541 g/mol. The Balaban J connectivity index is 1.33. The van der Waals surface area contributed by atoms with Crippen LogP contribution in [0.5, 0.6) is 0 Å². The number of alkyl halides is 3. The molecule has 1 spiro atoms. The minimum absolute atomic E-state index is 0.0733. The average Bonchev–Trinajstić information content (AvgIpc) is 3.57. The molecule has 4 amide bonds. The highest BCUT2D eigenvalue weighted by molar-refractivity contribution is 6.39. The Labute approximate surface area is 220 Å². The number of benzene rings is 1. The van der Waals surface area contributed by atoms with Gasteiger partial charge in [-0.05, 0) is 36.1 Å². The smallest absolute Gasteiger partial charge is 0.336 e. The van der Waals surface area contributed by atoms with Gasteiger partial charge in [-0.25, -0.2) is 4.98 Å². The molecule has 1 aromatic heterocycles. The van der Waals surface area contributed by atoms with Crippen molar-refractivity contribution >= 4 is 35.1 Å². The third kappa shape index (κ3) is 5.01. The number of nitrogens with zero attached hydrogens (tertiary/aromatic N) is 3. The Morgan fingerprint density at radius 2 is 1.95 bits per heavy atom. The second-order valence-electron chi connectivity index (χ2n) is 9.98. The molecule has 202 valence electrons. The predicted molar refractivity (Wildman–Crippen MR) is 130 cm³/mol. The first-order chi connectivity index (χ1) is 18.5. The molecule has 0 unspecified atom stereocenters. The molecular weight excluding hydrogens is 517 g/mol. The topological polar surface area (TPSA) is 144 Å². The van der Waals surface area contributed by atoms with Crippen molar-refractivity contribution in [3.05, 3.63) is 53.7 Å². The van der Waals surface area contributed by atoms with E-state index in [-0.39, 0.29) is 31.2 Å². The summed E-state index contributed by atoms with van der Waals surface area (Å²) in [6.45, 7) is -0.0791. The van der Waals surface area contributed by atoms with Crippen LogP contribution < -0.4 is 16.0 Å². The maximum Gasteiger partial charge on any atom is 0.416 e. The van der Waals surface area contributed by atoms with Gasteiger partial charge >= 0.3 is 18.0 Å². The van der Waals surface area contributed by atoms with Crippen LogP contribution in [-0.4, -0.2) is 52.1 Å². The number of amides is 4. The van der Waals surface area contributed by atoms with Crippen molar-refractivity contribution in [2.75, 3.05) is 17.2 Å². The quantitative estimate of drug-likeness (QED) is 0.497. The molecule has 13 heteroatoms. The van der Waals surface area contributed by atoms with Crippen molar-refractivity contribution < 1.29 is 32.3 Å². The summed E-state index contributed by atoms with van der Waals surface area (Å²) in [4.78, 5) is 56.8. The van der Waals surface area contributed by atoms with Crippen LogP contribution in [0.1, 0.15) is 36.8 Å². The second-order valence-corrected chi connectivity index (χ2v) is 9.98. The van der Waals surface area contributed by atoms with Crippen molar-refractivity contribution in [2.45, 2.75) is 49.4 Å². The Morgan fingerprint density at radius 1 is 1.21 bits per heavy atom. The van der Waals surface area contributed by atoms with E-state index in [2.05, 4.69) is 21.7 Å². The van der Waals surface area contributed by atoms with E-state index in [9.17, 15) is 37.6 Å². The monoisotopic (exact) mass is 540 g/mol. The van der Waals surface area contributed by atoms with Gasteiger partial charge in [0.15, 0.2) is 0 Å². The predicted octanol–water partition coefficient (Wildman–Crippen LogP) is 2.34. The largest absolute Gasteiger partial charge is 0.416 e. The van der Waals surface area contributed by atoms with Gasteiger partial charge < -0.3 is 20.9 Å². The lowest BCUT2D eigenvalue weighted by atomic mass is 9.80. The molecule has 0 radical (unpaired) electrons. The molecule has 2 aliphatic heterocycles. The molecule has 2 aromatic rings. The highest BCUT2D eigenvalue weighted by Crippen LogP contribution is 2.46. The van der Waals surface area contributed by atoms with E-state index in [1.165, 1.54) is 4.90 Å². The number of nitrogens with one attached hydrogen (secondary N) is 3. The Bertz CT molecular complexity index is 1400. The summed E-state index contributed by atoms with van der Waals surface area (Å²) in [5.74, 6) is -3.82. The molecular formula is C26H23F3N6O4. The minimum Gasteiger partial charge on any atom is -0.336 e. The van der Waals surface area contributed by atoms with Gasteiger partial charge in [0.2, 0.25) is 11.8 Å². The molecule has 0 bridgehead atoms. The van der Waals surface area contributed by atoms with Gasteiger partial charge in [0.1, 0.15) is 17.9 Å². The molecule has 1 saturated heterocycles. The van der Waals surface area contributed by atoms with Crippen LogP contribution in [0.15, 0.2) is 42.6 Å². The normalized spacial score (nSPS) is 22.6. The van der Waals surface area contributed by atoms with E-state index < -0.39 is 52.8 Å². The Hall–Kier alpha value is -4.47. The van der Waals surface area contributed by atoms with Gasteiger partial charge in [0, 0.05) is 24.8 Å². The molecule has 3 N–H and O–H groups in total. The number of nitriles is 1. The summed E-state index contributed by atoms with van der Waals surface area (Å²) >= 11 is 0. The molecule has 1 saturated carbocycles. The number of likely N-dealkylation sites (tertiary alicyclic amines) is 1. The molecule has 39 heavy (non-hydrogen) atoms. The van der Waals surface area contributed by atoms with Crippen molar-refractivity contribution in [3.8, 4) is 6.07 Å². The van der Waals surface area contributed by atoms with E-state index >= 15 is 0 Å². The number of para-hydroxylation sites is 1. The van der Waals surface area contributed by atoms with Gasteiger partial charge in [-0.2, -0.15) is 18.4 Å². The standard InChI is InChI=1S/C26H23F3N6O4/c27-26(28,29)15-7-8-31-20(10-15)34-22(37)21(36)32-19(9-14-5-6-14)23(38)35-13-25(11-16(35)12-30)17-3-1-2-4-18(17)33-24(25)39/h1-4,7-8,10,14,16,19H,5-6,9,11,13H2,(H,32,36)(H,33,39)(H,31,34,37)/t16-,19-,25-/m0/s1. The number of rotatable bonds is 5. The number of pyridine rings is 1. The fourth-order valence-corrected chi connectivity index (χ4v) is 5.17. The van der Waals surface area contributed by atoms with Gasteiger partial charge in [0.25, 0.3) is 0 Å². The molecule has 3 heterocycles. The van der Waals surface area contributed by atoms with Crippen LogP contribution in [0.3, 0.4) is 0 Å². The fraction of sp³-hybridized carbons (Fsp3) is 0.385. The van der Waals surface area contributed by atoms with Gasteiger partial charge in [-0.15, -0.1) is 0 Å². The number of fused-ring (bicyclic) bond motifs is 2. The number of hydrogen-bond donors (Lipinski definition) is 3. The van der Waals surface area contributed by atoms with E-state index in [0.717, 1.165) is 25.1 Å². The zero-order valence-corrected chi connectivity index (χ0v) is 20.4. The molecule has 1 aromatic carbocycles. The summed E-state index contributed by atoms with van der Waals surface area (Å²) in [6.07, 6.45) is -1.90. The number of carbonyl (C=O) groups excluding carboxylic acids is 4. The maximum atomic E-state index is 13.7. The number of carbonyl (C=O) groups is 4. The molecule has 2 fully saturated rings. The SMILES string of the molecule is N#C[C@@H]1C[C@@]2(CN1C(=O)[C@H](CC1CC1)NC(=O)C(=O)Nc1cc(C(F)(F)F)ccn1)C(=O)Nc1ccccc12. The molecule has 3 atom stereocenters. The fourth-order valence-electron chi connectivity index (χ4n) is 5.17. The molecule has 1 aliphatic carbocycles. The lowest BCUT2D eigenvalue weighted by molar-refractivity contribution is -0.141. The first-order valence-corrected chi connectivity index (χ1v) is 12.3. The highest BCUT2D eigenvalue weighted by atomic mass is 19.4. The zero-order valence-electron chi connectivity index (χ0n) is 20.4. The van der Waals surface area contributed by atoms with Crippen LogP contribution in [0, 0.1) is 17.2 Å². The number of hydrogen-bond acceptors (Lipinski definition) is 6. The van der Waals surface area contributed by atoms with E-state index in [1.807, 2.05) is 5.32 Å². The third-order valence-electron chi connectivity index (χ3n) is 7.32. The van der Waals surface area contributed by atoms with Crippen LogP contribution in [0.4, 0.5) is 24.7 Å². The first kappa shape index (κ1) is 26.1. The summed E-state index contributed by atoms with van der Waals surface area (Å²) < 4.78 is 38.9. The van der Waals surface area contributed by atoms with Crippen LogP contribution >= 0.6 is 0 Å². The number of aromatic nitrogens is 1. The third-order valence-corrected chi connectivity index (χ3v) is 7.32. The molecule has 10 nitrogen and oxygen atoms in total. The minimum atomic E-state index is -4.67. The van der Waals surface area contributed by atoms with Crippen LogP contribution in [0.2, 0.25) is 0 Å². The van der Waals surface area contributed by atoms with Crippen molar-refractivity contribution in [2.24, 2.45) is 5.92 Å². The summed E-state index contributed by atoms with van der Waals surface area (Å²) in [6, 6.07) is 8.30. The molecule has 5 rings (SSSR count). The van der Waals surface area contributed by atoms with E-state index in [1.54, 1.807) is 24.3 Å². The lowest BCUT2D eigenvalue weighted by Crippen LogP contribution is -2.53. The second kappa shape index (κ2) is 9.68. The Kier molecular flexibility index (Phi) is 6.49. The van der Waals surface area contributed by atoms with Crippen LogP contribution in [-0.2, 0) is 30.8 Å². The van der Waals surface area contributed by atoms with E-state index in [4.69, 9.17) is 0 Å². The van der Waals surface area contributed by atoms with Crippen molar-refractivity contribution in [3.63, 3.8) is 0 Å². The van der Waals surface area contributed by atoms with Gasteiger partial charge in [-0.3, -0.25) is 19.2 Å². The summed E-state index contributed by atoms with van der Waals surface area (Å²) in [5, 5.41) is 17.0. The summed E-state index contributed by atoms with van der Waals surface area (Å²) in [5.41, 5.74) is -0.886. The number of anilines is 2. The Morgan fingerprint density at radius 3 is 2.64 bits per heavy atom. The zero-order chi connectivity index (χ0) is 27.9. The lowest BCUT2D eigenvalue weighted by Gasteiger charge is -2.27. The highest BCUT2D eigenvalue weighted by Gasteiger charge is 2.56. The van der Waals surface area contributed by atoms with Crippen molar-refractivity contribution in [1.29, 1.82) is 5.26 Å². The van der Waals surface area contributed by atoms with E-state index in [0.29, 0.717) is 17.3 Å². The molecule has 3 aliphatic rings. The van der Waals surface area contributed by atoms with Crippen molar-refractivity contribution in [1.82, 2.24) is 15.2 Å². The number of halogens is 3. The van der Waals surface area contributed by atoms with Gasteiger partial charge in [0.05, 0.1) is 17.0 Å².